The van der Waals surface area contributed by atoms with Crippen LogP contribution in [-0.4, -0.2) is 22.2 Å². The van der Waals surface area contributed by atoms with Gasteiger partial charge < -0.3 is 10.2 Å². The number of carbonyl (C=O) groups is 2. The lowest BCUT2D eigenvalue weighted by Crippen LogP contribution is -1.92. The molecule has 0 saturated heterocycles. The zero-order valence-electron chi connectivity index (χ0n) is 27.6. The van der Waals surface area contributed by atoms with Gasteiger partial charge in [-0.2, -0.15) is 0 Å². The largest absolute Gasteiger partial charge is 0.481 e. The first-order chi connectivity index (χ1) is 21.5. The maximum atomic E-state index is 10.3. The molecule has 0 aromatic heterocycles. The molecule has 0 atom stereocenters. The number of hydrogen-bond donors (Lipinski definition) is 2. The average molecular weight is 605 g/mol. The van der Waals surface area contributed by atoms with Crippen LogP contribution in [0.3, 0.4) is 0 Å². The van der Waals surface area contributed by atoms with Gasteiger partial charge in [0.15, 0.2) is 0 Å². The first-order valence-corrected chi connectivity index (χ1v) is 16.6. The van der Waals surface area contributed by atoms with Gasteiger partial charge in [-0.15, -0.1) is 0 Å². The molecule has 0 aliphatic heterocycles. The maximum Gasteiger partial charge on any atom is 0.328 e. The Bertz CT molecular complexity index is 952. The predicted octanol–water partition coefficient (Wildman–Crippen LogP) is 12.0. The van der Waals surface area contributed by atoms with Crippen molar-refractivity contribution in [3.8, 4) is 0 Å². The summed E-state index contributed by atoms with van der Waals surface area (Å²) in [5.41, 5.74) is 0. The molecule has 0 aromatic carbocycles. The van der Waals surface area contributed by atoms with Crippen LogP contribution in [0.2, 0.25) is 0 Å². The van der Waals surface area contributed by atoms with Gasteiger partial charge in [-0.1, -0.05) is 168 Å². The zero-order chi connectivity index (χ0) is 32.6. The predicted molar refractivity (Wildman–Crippen MR) is 192 cm³/mol. The van der Waals surface area contributed by atoms with Crippen LogP contribution in [0.1, 0.15) is 117 Å². The van der Waals surface area contributed by atoms with E-state index in [1.807, 2.05) is 24.3 Å². The van der Waals surface area contributed by atoms with Crippen LogP contribution in [0.25, 0.3) is 0 Å². The molecule has 0 aromatic rings. The Morgan fingerprint density at radius 2 is 0.886 bits per heavy atom. The Morgan fingerprint density at radius 1 is 0.455 bits per heavy atom. The van der Waals surface area contributed by atoms with Crippen molar-refractivity contribution in [3.63, 3.8) is 0 Å². The molecule has 0 rings (SSSR count). The summed E-state index contributed by atoms with van der Waals surface area (Å²) >= 11 is 0. The number of rotatable bonds is 26. The third kappa shape index (κ3) is 45.3. The van der Waals surface area contributed by atoms with Crippen molar-refractivity contribution in [2.24, 2.45) is 0 Å². The fourth-order valence-corrected chi connectivity index (χ4v) is 3.66. The highest BCUT2D eigenvalue weighted by Crippen LogP contribution is 2.08. The molecule has 4 heteroatoms. The third-order valence-corrected chi connectivity index (χ3v) is 6.05. The van der Waals surface area contributed by atoms with E-state index in [4.69, 9.17) is 10.2 Å². The third-order valence-electron chi connectivity index (χ3n) is 6.05. The molecule has 4 nitrogen and oxygen atoms in total. The minimum Gasteiger partial charge on any atom is -0.481 e. The molecule has 0 unspecified atom stereocenters. The summed E-state index contributed by atoms with van der Waals surface area (Å²) in [5.74, 6) is -1.65. The van der Waals surface area contributed by atoms with Crippen LogP contribution in [0.4, 0.5) is 0 Å². The molecule has 0 saturated carbocycles. The zero-order valence-corrected chi connectivity index (χ0v) is 27.6. The maximum absolute atomic E-state index is 10.3. The van der Waals surface area contributed by atoms with Gasteiger partial charge >= 0.3 is 11.9 Å². The van der Waals surface area contributed by atoms with E-state index in [9.17, 15) is 9.59 Å². The van der Waals surface area contributed by atoms with Crippen molar-refractivity contribution in [2.75, 3.05) is 0 Å². The monoisotopic (exact) mass is 604 g/mol. The highest BCUT2D eigenvalue weighted by Gasteiger charge is 1.92. The summed E-state index contributed by atoms with van der Waals surface area (Å²) in [7, 11) is 0. The Morgan fingerprint density at radius 3 is 1.39 bits per heavy atom. The van der Waals surface area contributed by atoms with E-state index in [1.165, 1.54) is 51.0 Å². The van der Waals surface area contributed by atoms with Crippen molar-refractivity contribution in [2.45, 2.75) is 117 Å². The normalized spacial score (nSPS) is 12.8. The lowest BCUT2D eigenvalue weighted by atomic mass is 10.1. The molecule has 44 heavy (non-hydrogen) atoms. The highest BCUT2D eigenvalue weighted by molar-refractivity contribution is 5.80. The van der Waals surface area contributed by atoms with Crippen LogP contribution < -0.4 is 0 Å². The average Bonchev–Trinajstić information content (AvgIpc) is 3.00. The van der Waals surface area contributed by atoms with Gasteiger partial charge in [-0.05, 0) is 57.8 Å². The molecule has 0 bridgehead atoms. The second-order valence-electron chi connectivity index (χ2n) is 10.2. The van der Waals surface area contributed by atoms with E-state index in [0.29, 0.717) is 0 Å². The van der Waals surface area contributed by atoms with E-state index in [-0.39, 0.29) is 6.42 Å². The Hall–Kier alpha value is -3.66. The molecular formula is C40H60O4. The number of aliphatic carboxylic acids is 2. The van der Waals surface area contributed by atoms with Crippen LogP contribution >= 0.6 is 0 Å². The van der Waals surface area contributed by atoms with Crippen molar-refractivity contribution in [3.05, 3.63) is 122 Å². The number of carboxylic acids is 2. The summed E-state index contributed by atoms with van der Waals surface area (Å²) in [5, 5.41) is 16.9. The van der Waals surface area contributed by atoms with Gasteiger partial charge in [0.25, 0.3) is 0 Å². The lowest BCUT2D eigenvalue weighted by Gasteiger charge is -1.98. The Kier molecular flexibility index (Phi) is 38.0. The van der Waals surface area contributed by atoms with Gasteiger partial charge in [0, 0.05) is 12.5 Å². The van der Waals surface area contributed by atoms with Crippen LogP contribution in [-0.2, 0) is 9.59 Å². The van der Waals surface area contributed by atoms with E-state index >= 15 is 0 Å². The molecule has 0 heterocycles. The molecule has 244 valence electrons. The second kappa shape index (κ2) is 39.3. The number of carboxylic acid groups (broad SMARTS) is 2. The van der Waals surface area contributed by atoms with E-state index in [0.717, 1.165) is 57.4 Å². The van der Waals surface area contributed by atoms with Crippen LogP contribution in [0.5, 0.6) is 0 Å². The fraction of sp³-hybridized carbons (Fsp3) is 0.450. The first kappa shape index (κ1) is 42.5. The second-order valence-corrected chi connectivity index (χ2v) is 10.2. The van der Waals surface area contributed by atoms with E-state index in [2.05, 4.69) is 86.8 Å². The van der Waals surface area contributed by atoms with E-state index in [1.54, 1.807) is 12.2 Å². The summed E-state index contributed by atoms with van der Waals surface area (Å²) in [6, 6.07) is 0. The SMILES string of the molecule is CC/C=C\C/C=C\C/C=C\C/C=C\C/C=C\CCCC(=O)O.CCCCCCCCCC=CC=CC=CC=CC=CC(=O)O. The van der Waals surface area contributed by atoms with Gasteiger partial charge in [0.1, 0.15) is 0 Å². The highest BCUT2D eigenvalue weighted by atomic mass is 16.4. The van der Waals surface area contributed by atoms with Gasteiger partial charge in [-0.3, -0.25) is 4.79 Å². The van der Waals surface area contributed by atoms with Crippen molar-refractivity contribution >= 4 is 11.9 Å². The van der Waals surface area contributed by atoms with Crippen molar-refractivity contribution < 1.29 is 19.8 Å². The Labute approximate surface area is 269 Å². The van der Waals surface area contributed by atoms with Crippen molar-refractivity contribution in [1.82, 2.24) is 0 Å². The fourth-order valence-electron chi connectivity index (χ4n) is 3.66. The minimum atomic E-state index is -0.931. The molecule has 0 fully saturated rings. The molecule has 0 radical (unpaired) electrons. The molecule has 0 aliphatic carbocycles. The van der Waals surface area contributed by atoms with Crippen LogP contribution in [0.15, 0.2) is 122 Å². The van der Waals surface area contributed by atoms with Gasteiger partial charge in [0.05, 0.1) is 0 Å². The summed E-state index contributed by atoms with van der Waals surface area (Å²) in [4.78, 5) is 20.5. The number of allylic oxidation sites excluding steroid dienone is 19. The molecule has 0 amide bonds. The van der Waals surface area contributed by atoms with Crippen LogP contribution in [0, 0.1) is 0 Å². The first-order valence-electron chi connectivity index (χ1n) is 16.6. The minimum absolute atomic E-state index is 0.258. The smallest absolute Gasteiger partial charge is 0.328 e. The number of unbranched alkanes of at least 4 members (excludes halogenated alkanes) is 8. The Balaban J connectivity index is 0. The quantitative estimate of drug-likeness (QED) is 0.0446. The number of hydrogen-bond acceptors (Lipinski definition) is 2. The standard InChI is InChI=1S/2C20H30O2/c2*1-2-3-4-5-6-7-8-9-10-11-12-13-14-15-16-17-18-19-20(21)22/h10-19H,2-9H2,1H3,(H,21,22);3-4,6-7,9-10,12-13,15-16H,2,5,8,11,14,17-19H2,1H3,(H,21,22)/b;4-3-,7-6-,10-9-,13-12-,16-15-. The summed E-state index contributed by atoms with van der Waals surface area (Å²) in [6.45, 7) is 4.39. The van der Waals surface area contributed by atoms with Gasteiger partial charge in [-0.25, -0.2) is 4.79 Å². The molecule has 2 N–H and O–H groups in total. The molecular weight excluding hydrogens is 544 g/mol. The summed E-state index contributed by atoms with van der Waals surface area (Å²) in [6.07, 6.45) is 57.2. The lowest BCUT2D eigenvalue weighted by molar-refractivity contribution is -0.137. The molecule has 0 aliphatic rings. The van der Waals surface area contributed by atoms with E-state index < -0.39 is 11.9 Å². The van der Waals surface area contributed by atoms with Crippen molar-refractivity contribution in [1.29, 1.82) is 0 Å². The summed E-state index contributed by atoms with van der Waals surface area (Å²) < 4.78 is 0. The topological polar surface area (TPSA) is 74.6 Å². The van der Waals surface area contributed by atoms with Gasteiger partial charge in [0.2, 0.25) is 0 Å². The molecule has 0 spiro atoms.